The number of halogens is 2. The minimum atomic E-state index is -4.18. The molecule has 0 saturated carbocycles. The van der Waals surface area contributed by atoms with E-state index in [0.29, 0.717) is 16.2 Å². The van der Waals surface area contributed by atoms with Crippen molar-refractivity contribution in [1.82, 2.24) is 14.5 Å². The van der Waals surface area contributed by atoms with E-state index >= 15 is 0 Å². The monoisotopic (exact) mass is 464 g/mol. The van der Waals surface area contributed by atoms with Gasteiger partial charge in [-0.3, -0.25) is 4.79 Å². The Balaban J connectivity index is 1.38. The number of hydrogen-bond acceptors (Lipinski definition) is 6. The van der Waals surface area contributed by atoms with Crippen LogP contribution in [0.2, 0.25) is 0 Å². The van der Waals surface area contributed by atoms with Gasteiger partial charge >= 0.3 is 0 Å². The van der Waals surface area contributed by atoms with Gasteiger partial charge in [0, 0.05) is 24.6 Å². The first-order chi connectivity index (χ1) is 14.8. The van der Waals surface area contributed by atoms with E-state index in [0.717, 1.165) is 22.0 Å². The van der Waals surface area contributed by atoms with E-state index in [-0.39, 0.29) is 31.8 Å². The average molecular weight is 465 g/mol. The number of nitrogens with one attached hydrogen (secondary N) is 1. The second-order valence-electron chi connectivity index (χ2n) is 7.02. The van der Waals surface area contributed by atoms with Gasteiger partial charge in [-0.2, -0.15) is 4.31 Å². The molecule has 0 atom stereocenters. The van der Waals surface area contributed by atoms with E-state index in [1.54, 1.807) is 0 Å². The van der Waals surface area contributed by atoms with Crippen LogP contribution in [0, 0.1) is 17.6 Å². The molecule has 3 aromatic rings. The summed E-state index contributed by atoms with van der Waals surface area (Å²) >= 11 is 1.25. The van der Waals surface area contributed by atoms with Gasteiger partial charge in [-0.25, -0.2) is 17.2 Å². The molecule has 0 bridgehead atoms. The van der Waals surface area contributed by atoms with E-state index in [9.17, 15) is 22.0 Å². The van der Waals surface area contributed by atoms with Crippen LogP contribution in [0.25, 0.3) is 10.6 Å². The zero-order chi connectivity index (χ0) is 22.0. The molecule has 2 heterocycles. The fourth-order valence-electron chi connectivity index (χ4n) is 3.35. The summed E-state index contributed by atoms with van der Waals surface area (Å²) in [6, 6.07) is 11.8. The highest BCUT2D eigenvalue weighted by Gasteiger charge is 2.34. The van der Waals surface area contributed by atoms with Gasteiger partial charge in [0.1, 0.15) is 21.5 Å². The van der Waals surface area contributed by atoms with Crippen LogP contribution in [0.4, 0.5) is 13.9 Å². The fraction of sp³-hybridized carbons (Fsp3) is 0.250. The Morgan fingerprint density at radius 1 is 1.06 bits per heavy atom. The molecule has 0 spiro atoms. The van der Waals surface area contributed by atoms with Crippen LogP contribution in [0.15, 0.2) is 53.4 Å². The second-order valence-corrected chi connectivity index (χ2v) is 9.90. The van der Waals surface area contributed by atoms with Gasteiger partial charge in [0.2, 0.25) is 21.1 Å². The van der Waals surface area contributed by atoms with Crippen LogP contribution in [0.1, 0.15) is 12.8 Å². The molecule has 31 heavy (non-hydrogen) atoms. The van der Waals surface area contributed by atoms with Crippen molar-refractivity contribution in [2.75, 3.05) is 18.4 Å². The van der Waals surface area contributed by atoms with Crippen LogP contribution in [0.5, 0.6) is 0 Å². The maximum Gasteiger partial charge on any atom is 0.246 e. The summed E-state index contributed by atoms with van der Waals surface area (Å²) in [7, 11) is -4.18. The van der Waals surface area contributed by atoms with Crippen molar-refractivity contribution < 1.29 is 22.0 Å². The lowest BCUT2D eigenvalue weighted by Gasteiger charge is -2.30. The number of aromatic nitrogens is 2. The lowest BCUT2D eigenvalue weighted by Crippen LogP contribution is -2.41. The predicted molar refractivity (Wildman–Crippen MR) is 112 cm³/mol. The number of piperidine rings is 1. The topological polar surface area (TPSA) is 92.3 Å². The quantitative estimate of drug-likeness (QED) is 0.624. The van der Waals surface area contributed by atoms with Gasteiger partial charge < -0.3 is 5.32 Å². The Kier molecular flexibility index (Phi) is 6.08. The summed E-state index contributed by atoms with van der Waals surface area (Å²) in [5.41, 5.74) is 0.892. The third-order valence-electron chi connectivity index (χ3n) is 5.01. The molecule has 1 aromatic heterocycles. The van der Waals surface area contributed by atoms with Crippen molar-refractivity contribution in [2.24, 2.45) is 5.92 Å². The Bertz CT molecular complexity index is 1190. The van der Waals surface area contributed by atoms with Crippen molar-refractivity contribution in [2.45, 2.75) is 17.7 Å². The zero-order valence-electron chi connectivity index (χ0n) is 16.2. The summed E-state index contributed by atoms with van der Waals surface area (Å²) in [4.78, 5) is 11.9. The van der Waals surface area contributed by atoms with Crippen molar-refractivity contribution in [3.05, 3.63) is 60.2 Å². The maximum atomic E-state index is 13.9. The average Bonchev–Trinajstić information content (AvgIpc) is 3.24. The first kappa shape index (κ1) is 21.5. The van der Waals surface area contributed by atoms with Crippen LogP contribution in [0.3, 0.4) is 0 Å². The fourth-order valence-corrected chi connectivity index (χ4v) is 5.65. The van der Waals surface area contributed by atoms with Crippen LogP contribution < -0.4 is 5.32 Å². The molecular formula is C20H18F2N4O3S2. The lowest BCUT2D eigenvalue weighted by molar-refractivity contribution is -0.120. The van der Waals surface area contributed by atoms with Crippen molar-refractivity contribution in [1.29, 1.82) is 0 Å². The van der Waals surface area contributed by atoms with E-state index in [2.05, 4.69) is 15.5 Å². The molecule has 2 aromatic carbocycles. The number of carbonyl (C=O) groups is 1. The number of rotatable bonds is 5. The predicted octanol–water partition coefficient (Wildman–Crippen LogP) is 3.52. The van der Waals surface area contributed by atoms with Crippen molar-refractivity contribution in [3.63, 3.8) is 0 Å². The molecule has 0 radical (unpaired) electrons. The normalized spacial score (nSPS) is 15.7. The molecule has 0 unspecified atom stereocenters. The highest BCUT2D eigenvalue weighted by atomic mass is 32.2. The second kappa shape index (κ2) is 8.77. The number of anilines is 1. The highest BCUT2D eigenvalue weighted by Crippen LogP contribution is 2.29. The molecule has 1 aliphatic heterocycles. The lowest BCUT2D eigenvalue weighted by atomic mass is 9.97. The Labute approximate surface area is 181 Å². The van der Waals surface area contributed by atoms with E-state index in [4.69, 9.17) is 0 Å². The van der Waals surface area contributed by atoms with Gasteiger partial charge in [-0.05, 0) is 31.0 Å². The molecule has 4 rings (SSSR count). The maximum absolute atomic E-state index is 13.9. The highest BCUT2D eigenvalue weighted by molar-refractivity contribution is 7.89. The summed E-state index contributed by atoms with van der Waals surface area (Å²) in [6.45, 7) is 0.0590. The Hall–Kier alpha value is -2.76. The molecule has 1 fully saturated rings. The number of benzene rings is 2. The first-order valence-electron chi connectivity index (χ1n) is 9.49. The van der Waals surface area contributed by atoms with Crippen LogP contribution >= 0.6 is 11.3 Å². The molecule has 11 heteroatoms. The number of nitrogens with zero attached hydrogens (tertiary/aromatic N) is 3. The minimum Gasteiger partial charge on any atom is -0.300 e. The van der Waals surface area contributed by atoms with E-state index in [1.165, 1.54) is 11.3 Å². The Morgan fingerprint density at radius 2 is 1.77 bits per heavy atom. The molecule has 1 saturated heterocycles. The summed E-state index contributed by atoms with van der Waals surface area (Å²) in [6.07, 6.45) is 0.513. The molecular weight excluding hydrogens is 446 g/mol. The van der Waals surface area contributed by atoms with Crippen molar-refractivity contribution >= 4 is 32.4 Å². The Morgan fingerprint density at radius 3 is 2.48 bits per heavy atom. The number of carbonyl (C=O) groups excluding carboxylic acids is 1. The molecule has 1 N–H and O–H groups in total. The number of hydrogen-bond donors (Lipinski definition) is 1. The molecule has 1 aliphatic rings. The van der Waals surface area contributed by atoms with Gasteiger partial charge in [0.25, 0.3) is 0 Å². The third kappa shape index (κ3) is 4.63. The van der Waals surface area contributed by atoms with Crippen LogP contribution in [-0.4, -0.2) is 41.9 Å². The molecule has 7 nitrogen and oxygen atoms in total. The largest absolute Gasteiger partial charge is 0.300 e. The number of sulfonamides is 1. The van der Waals surface area contributed by atoms with E-state index in [1.807, 2.05) is 30.3 Å². The summed E-state index contributed by atoms with van der Waals surface area (Å²) in [5, 5.41) is 11.8. The van der Waals surface area contributed by atoms with E-state index < -0.39 is 32.5 Å². The third-order valence-corrected chi connectivity index (χ3v) is 7.81. The summed E-state index contributed by atoms with van der Waals surface area (Å²) in [5.74, 6) is -2.54. The van der Waals surface area contributed by atoms with Gasteiger partial charge in [0.15, 0.2) is 0 Å². The summed E-state index contributed by atoms with van der Waals surface area (Å²) < 4.78 is 53.8. The minimum absolute atomic E-state index is 0.0295. The zero-order valence-corrected chi connectivity index (χ0v) is 17.8. The molecule has 1 amide bonds. The van der Waals surface area contributed by atoms with Crippen molar-refractivity contribution in [3.8, 4) is 10.6 Å². The van der Waals surface area contributed by atoms with Gasteiger partial charge in [-0.15, -0.1) is 10.2 Å². The smallest absolute Gasteiger partial charge is 0.246 e. The van der Waals surface area contributed by atoms with Crippen LogP contribution in [-0.2, 0) is 14.8 Å². The number of amides is 1. The molecule has 0 aliphatic carbocycles. The molecule has 162 valence electrons. The first-order valence-corrected chi connectivity index (χ1v) is 11.8. The standard InChI is InChI=1S/C20H18F2N4O3S2/c21-15-6-7-16(22)17(12-15)31(28,29)26-10-8-13(9-11-26)18(27)23-20-25-24-19(30-20)14-4-2-1-3-5-14/h1-7,12-13H,8-11H2,(H,23,25,27). The SMILES string of the molecule is O=C(Nc1nnc(-c2ccccc2)s1)C1CCN(S(=O)(=O)c2cc(F)ccc2F)CC1. The van der Waals surface area contributed by atoms with Gasteiger partial charge in [0.05, 0.1) is 0 Å². The van der Waals surface area contributed by atoms with Gasteiger partial charge in [-0.1, -0.05) is 41.7 Å².